The highest BCUT2D eigenvalue weighted by Gasteiger charge is 2.30. The molecule has 0 saturated heterocycles. The van der Waals surface area contributed by atoms with E-state index in [0.29, 0.717) is 11.1 Å². The van der Waals surface area contributed by atoms with Crippen LogP contribution in [0.4, 0.5) is 0 Å². The van der Waals surface area contributed by atoms with Crippen LogP contribution in [0.15, 0.2) is 60.7 Å². The summed E-state index contributed by atoms with van der Waals surface area (Å²) in [7, 11) is -4.72. The Morgan fingerprint density at radius 1 is 0.850 bits per heavy atom. The summed E-state index contributed by atoms with van der Waals surface area (Å²) in [5, 5.41) is 10.3. The van der Waals surface area contributed by atoms with E-state index >= 15 is 0 Å². The molecule has 0 amide bonds. The van der Waals surface area contributed by atoms with Crippen LogP contribution >= 0.6 is 7.82 Å². The second-order valence-electron chi connectivity index (χ2n) is 4.28. The molecule has 3 N–H and O–H groups in total. The van der Waals surface area contributed by atoms with Crippen LogP contribution < -0.4 is 0 Å². The molecule has 0 aliphatic rings. The van der Waals surface area contributed by atoms with Crippen molar-refractivity contribution < 1.29 is 24.0 Å². The van der Waals surface area contributed by atoms with Crippen molar-refractivity contribution >= 4 is 7.82 Å². The Morgan fingerprint density at radius 2 is 1.30 bits per heavy atom. The van der Waals surface area contributed by atoms with E-state index in [1.165, 1.54) is 0 Å². The standard InChI is InChI=1S/C14H15O5P/c15-13(11-7-3-1-4-8-11)14(19-20(16,17)18)12-9-5-2-6-10-12/h1-10,13-15H,(H2,16,17,18). The monoisotopic (exact) mass is 294 g/mol. The number of benzene rings is 2. The van der Waals surface area contributed by atoms with Crippen molar-refractivity contribution in [1.29, 1.82) is 0 Å². The van der Waals surface area contributed by atoms with Gasteiger partial charge in [-0.1, -0.05) is 60.7 Å². The zero-order valence-corrected chi connectivity index (χ0v) is 11.4. The number of hydrogen-bond donors (Lipinski definition) is 3. The second kappa shape index (κ2) is 6.31. The zero-order chi connectivity index (χ0) is 14.6. The number of hydrogen-bond acceptors (Lipinski definition) is 3. The first-order valence-electron chi connectivity index (χ1n) is 5.99. The highest BCUT2D eigenvalue weighted by Crippen LogP contribution is 2.46. The maximum atomic E-state index is 11.1. The Labute approximate surface area is 116 Å². The summed E-state index contributed by atoms with van der Waals surface area (Å²) in [5.41, 5.74) is 1.02. The quantitative estimate of drug-likeness (QED) is 0.738. The van der Waals surface area contributed by atoms with Gasteiger partial charge in [-0.15, -0.1) is 0 Å². The van der Waals surface area contributed by atoms with E-state index in [4.69, 9.17) is 14.3 Å². The molecule has 5 nitrogen and oxygen atoms in total. The van der Waals surface area contributed by atoms with E-state index in [-0.39, 0.29) is 0 Å². The molecular weight excluding hydrogens is 279 g/mol. The summed E-state index contributed by atoms with van der Waals surface area (Å²) < 4.78 is 15.9. The van der Waals surface area contributed by atoms with Crippen molar-refractivity contribution in [3.05, 3.63) is 71.8 Å². The molecule has 0 heterocycles. The van der Waals surface area contributed by atoms with Gasteiger partial charge in [-0.3, -0.25) is 4.52 Å². The number of rotatable bonds is 5. The van der Waals surface area contributed by atoms with Gasteiger partial charge in [-0.25, -0.2) is 4.57 Å². The van der Waals surface area contributed by atoms with Gasteiger partial charge in [0.05, 0.1) is 0 Å². The van der Waals surface area contributed by atoms with Crippen molar-refractivity contribution in [2.24, 2.45) is 0 Å². The van der Waals surface area contributed by atoms with Gasteiger partial charge in [-0.05, 0) is 11.1 Å². The third-order valence-electron chi connectivity index (χ3n) is 2.81. The Kier molecular flexibility index (Phi) is 4.70. The maximum absolute atomic E-state index is 11.1. The molecule has 2 atom stereocenters. The molecule has 0 fully saturated rings. The van der Waals surface area contributed by atoms with Crippen LogP contribution in [-0.2, 0) is 9.09 Å². The van der Waals surface area contributed by atoms with E-state index in [1.54, 1.807) is 60.7 Å². The average Bonchev–Trinajstić information content (AvgIpc) is 2.45. The van der Waals surface area contributed by atoms with Crippen molar-refractivity contribution in [3.8, 4) is 0 Å². The Morgan fingerprint density at radius 3 is 1.75 bits per heavy atom. The molecule has 0 radical (unpaired) electrons. The van der Waals surface area contributed by atoms with Crippen LogP contribution in [0.2, 0.25) is 0 Å². The van der Waals surface area contributed by atoms with E-state index in [0.717, 1.165) is 0 Å². The molecule has 0 bridgehead atoms. The van der Waals surface area contributed by atoms with Gasteiger partial charge < -0.3 is 14.9 Å². The summed E-state index contributed by atoms with van der Waals surface area (Å²) >= 11 is 0. The third kappa shape index (κ3) is 4.00. The molecule has 2 rings (SSSR count). The molecule has 0 aromatic heterocycles. The first-order valence-corrected chi connectivity index (χ1v) is 7.52. The minimum Gasteiger partial charge on any atom is -0.385 e. The topological polar surface area (TPSA) is 87.0 Å². The largest absolute Gasteiger partial charge is 0.470 e. The molecule has 0 aliphatic carbocycles. The van der Waals surface area contributed by atoms with Gasteiger partial charge in [0.2, 0.25) is 0 Å². The van der Waals surface area contributed by atoms with Crippen LogP contribution in [0.25, 0.3) is 0 Å². The Hall–Kier alpha value is -1.49. The fourth-order valence-corrected chi connectivity index (χ4v) is 2.45. The van der Waals surface area contributed by atoms with E-state index in [2.05, 4.69) is 0 Å². The van der Waals surface area contributed by atoms with Gasteiger partial charge in [-0.2, -0.15) is 0 Å². The molecule has 0 aliphatic heterocycles. The molecule has 20 heavy (non-hydrogen) atoms. The summed E-state index contributed by atoms with van der Waals surface area (Å²) in [5.74, 6) is 0. The highest BCUT2D eigenvalue weighted by molar-refractivity contribution is 7.46. The lowest BCUT2D eigenvalue weighted by atomic mass is 9.98. The highest BCUT2D eigenvalue weighted by atomic mass is 31.2. The molecule has 0 spiro atoms. The molecular formula is C14H15O5P. The molecule has 2 unspecified atom stereocenters. The lowest BCUT2D eigenvalue weighted by Gasteiger charge is -2.24. The van der Waals surface area contributed by atoms with Crippen LogP contribution in [0.5, 0.6) is 0 Å². The van der Waals surface area contributed by atoms with Crippen molar-refractivity contribution in [2.45, 2.75) is 12.2 Å². The Balaban J connectivity index is 2.34. The summed E-state index contributed by atoms with van der Waals surface area (Å²) in [6.45, 7) is 0. The van der Waals surface area contributed by atoms with Crippen LogP contribution in [0, 0.1) is 0 Å². The smallest absolute Gasteiger partial charge is 0.385 e. The fraction of sp³-hybridized carbons (Fsp3) is 0.143. The van der Waals surface area contributed by atoms with Gasteiger partial charge in [0.1, 0.15) is 12.2 Å². The summed E-state index contributed by atoms with van der Waals surface area (Å²) in [6.07, 6.45) is -2.31. The molecule has 2 aromatic carbocycles. The summed E-state index contributed by atoms with van der Waals surface area (Å²) in [6, 6.07) is 17.1. The molecule has 2 aromatic rings. The fourth-order valence-electron chi connectivity index (χ4n) is 1.92. The zero-order valence-electron chi connectivity index (χ0n) is 10.5. The van der Waals surface area contributed by atoms with Crippen molar-refractivity contribution in [2.75, 3.05) is 0 Å². The predicted octanol–water partition coefficient (Wildman–Crippen LogP) is 2.57. The number of phosphoric ester groups is 1. The van der Waals surface area contributed by atoms with Crippen LogP contribution in [0.1, 0.15) is 23.3 Å². The van der Waals surface area contributed by atoms with Gasteiger partial charge in [0.15, 0.2) is 0 Å². The third-order valence-corrected chi connectivity index (χ3v) is 3.31. The SMILES string of the molecule is O=P(O)(O)OC(c1ccccc1)C(O)c1ccccc1. The molecule has 0 saturated carbocycles. The van der Waals surface area contributed by atoms with Crippen molar-refractivity contribution in [1.82, 2.24) is 0 Å². The normalized spacial score (nSPS) is 14.8. The minimum atomic E-state index is -4.72. The minimum absolute atomic E-state index is 0.493. The second-order valence-corrected chi connectivity index (χ2v) is 5.47. The average molecular weight is 294 g/mol. The van der Waals surface area contributed by atoms with Crippen molar-refractivity contribution in [3.63, 3.8) is 0 Å². The van der Waals surface area contributed by atoms with Gasteiger partial charge >= 0.3 is 7.82 Å². The van der Waals surface area contributed by atoms with Gasteiger partial charge in [0.25, 0.3) is 0 Å². The van der Waals surface area contributed by atoms with Crippen LogP contribution in [-0.4, -0.2) is 14.9 Å². The van der Waals surface area contributed by atoms with E-state index < -0.39 is 20.0 Å². The predicted molar refractivity (Wildman–Crippen MR) is 73.7 cm³/mol. The molecule has 6 heteroatoms. The van der Waals surface area contributed by atoms with E-state index in [1.807, 2.05) is 0 Å². The maximum Gasteiger partial charge on any atom is 0.470 e. The first kappa shape index (κ1) is 14.9. The first-order chi connectivity index (χ1) is 9.47. The number of phosphoric acid groups is 1. The van der Waals surface area contributed by atoms with Gasteiger partial charge in [0, 0.05) is 0 Å². The molecule has 106 valence electrons. The van der Waals surface area contributed by atoms with E-state index in [9.17, 15) is 9.67 Å². The number of aliphatic hydroxyl groups is 1. The number of aliphatic hydroxyl groups excluding tert-OH is 1. The summed E-state index contributed by atoms with van der Waals surface area (Å²) in [4.78, 5) is 18.0. The Bertz CT molecular complexity index is 581. The lowest BCUT2D eigenvalue weighted by molar-refractivity contribution is 0.0147. The van der Waals surface area contributed by atoms with Crippen LogP contribution in [0.3, 0.4) is 0 Å². The lowest BCUT2D eigenvalue weighted by Crippen LogP contribution is -2.13.